The number of halogens is 1. The van der Waals surface area contributed by atoms with E-state index >= 15 is 0 Å². The fourth-order valence-electron chi connectivity index (χ4n) is 2.03. The summed E-state index contributed by atoms with van der Waals surface area (Å²) in [4.78, 5) is 0. The van der Waals surface area contributed by atoms with Gasteiger partial charge in [-0.15, -0.1) is 0 Å². The third kappa shape index (κ3) is 2.65. The Morgan fingerprint density at radius 2 is 1.56 bits per heavy atom. The molecule has 0 bridgehead atoms. The second-order valence-corrected chi connectivity index (χ2v) is 5.63. The molecule has 0 spiro atoms. The summed E-state index contributed by atoms with van der Waals surface area (Å²) in [5.41, 5.74) is 5.35. The number of rotatable bonds is 2. The third-order valence-electron chi connectivity index (χ3n) is 3.23. The summed E-state index contributed by atoms with van der Waals surface area (Å²) >= 11 is 3.51. The Balaban J connectivity index is 2.42. The quantitative estimate of drug-likeness (QED) is 0.868. The molecule has 0 aliphatic heterocycles. The lowest BCUT2D eigenvalue weighted by molar-refractivity contribution is 0.219. The van der Waals surface area contributed by atoms with Crippen molar-refractivity contribution >= 4 is 15.9 Å². The number of benzene rings is 2. The molecule has 2 rings (SSSR count). The fourth-order valence-corrected chi connectivity index (χ4v) is 2.48. The topological polar surface area (TPSA) is 20.2 Å². The first-order valence-corrected chi connectivity index (χ1v) is 6.79. The molecule has 1 atom stereocenters. The highest BCUT2D eigenvalue weighted by Crippen LogP contribution is 2.29. The molecule has 0 saturated heterocycles. The molecule has 18 heavy (non-hydrogen) atoms. The van der Waals surface area contributed by atoms with Crippen LogP contribution in [0.4, 0.5) is 0 Å². The molecule has 0 amide bonds. The molecule has 0 radical (unpaired) electrons. The molecule has 1 N–H and O–H groups in total. The lowest BCUT2D eigenvalue weighted by Gasteiger charge is -2.16. The van der Waals surface area contributed by atoms with Gasteiger partial charge in [0.05, 0.1) is 0 Å². The summed E-state index contributed by atoms with van der Waals surface area (Å²) in [5, 5.41) is 10.5. The molecule has 1 unspecified atom stereocenters. The average molecular weight is 305 g/mol. The van der Waals surface area contributed by atoms with Crippen LogP contribution < -0.4 is 0 Å². The van der Waals surface area contributed by atoms with Crippen molar-refractivity contribution in [3.05, 3.63) is 68.7 Å². The number of hydrogen-bond acceptors (Lipinski definition) is 1. The van der Waals surface area contributed by atoms with Gasteiger partial charge in [-0.05, 0) is 49.1 Å². The second kappa shape index (κ2) is 5.25. The highest BCUT2D eigenvalue weighted by atomic mass is 79.9. The van der Waals surface area contributed by atoms with E-state index in [2.05, 4.69) is 22.0 Å². The van der Waals surface area contributed by atoms with Crippen molar-refractivity contribution in [3.63, 3.8) is 0 Å². The van der Waals surface area contributed by atoms with Gasteiger partial charge < -0.3 is 5.11 Å². The fraction of sp³-hybridized carbons (Fsp3) is 0.250. The van der Waals surface area contributed by atoms with Crippen LogP contribution in [0.1, 0.15) is 33.9 Å². The summed E-state index contributed by atoms with van der Waals surface area (Å²) in [5.74, 6) is 0. The van der Waals surface area contributed by atoms with Gasteiger partial charge >= 0.3 is 0 Å². The maximum absolute atomic E-state index is 10.5. The molecule has 0 fully saturated rings. The highest BCUT2D eigenvalue weighted by molar-refractivity contribution is 9.10. The number of aliphatic hydroxyl groups is 1. The Hall–Kier alpha value is -1.12. The van der Waals surface area contributed by atoms with E-state index in [0.29, 0.717) is 0 Å². The summed E-state index contributed by atoms with van der Waals surface area (Å²) < 4.78 is 1.08. The van der Waals surface area contributed by atoms with Crippen molar-refractivity contribution in [1.29, 1.82) is 0 Å². The molecule has 0 saturated carbocycles. The molecule has 94 valence electrons. The van der Waals surface area contributed by atoms with E-state index in [9.17, 15) is 5.11 Å². The summed E-state index contributed by atoms with van der Waals surface area (Å²) in [6.45, 7) is 6.11. The molecule has 0 aliphatic rings. The minimum atomic E-state index is -0.558. The second-order valence-electron chi connectivity index (χ2n) is 4.77. The van der Waals surface area contributed by atoms with Crippen LogP contribution in [0, 0.1) is 20.8 Å². The summed E-state index contributed by atoms with van der Waals surface area (Å²) in [6.07, 6.45) is -0.558. The normalized spacial score (nSPS) is 12.5. The smallest absolute Gasteiger partial charge is 0.104 e. The van der Waals surface area contributed by atoms with Crippen LogP contribution in [0.5, 0.6) is 0 Å². The van der Waals surface area contributed by atoms with Gasteiger partial charge in [-0.25, -0.2) is 0 Å². The van der Waals surface area contributed by atoms with Gasteiger partial charge in [0.1, 0.15) is 6.10 Å². The van der Waals surface area contributed by atoms with Crippen LogP contribution in [-0.4, -0.2) is 5.11 Å². The minimum Gasteiger partial charge on any atom is -0.384 e. The van der Waals surface area contributed by atoms with Crippen LogP contribution in [0.2, 0.25) is 0 Å². The standard InChI is InChI=1S/C16H17BrO/c1-10-4-6-13(7-5-10)16(18)14-8-12(3)15(17)9-11(14)2/h4-9,16,18H,1-3H3. The van der Waals surface area contributed by atoms with E-state index in [4.69, 9.17) is 0 Å². The van der Waals surface area contributed by atoms with Crippen molar-refractivity contribution in [2.24, 2.45) is 0 Å². The summed E-state index contributed by atoms with van der Waals surface area (Å²) in [7, 11) is 0. The van der Waals surface area contributed by atoms with E-state index in [1.54, 1.807) is 0 Å². The zero-order valence-corrected chi connectivity index (χ0v) is 12.5. The molecule has 1 nitrogen and oxygen atoms in total. The predicted octanol–water partition coefficient (Wildman–Crippen LogP) is 4.46. The van der Waals surface area contributed by atoms with Crippen LogP contribution >= 0.6 is 15.9 Å². The molecule has 2 aromatic carbocycles. The van der Waals surface area contributed by atoms with Crippen LogP contribution in [0.25, 0.3) is 0 Å². The molecule has 0 aromatic heterocycles. The van der Waals surface area contributed by atoms with Gasteiger partial charge in [0.2, 0.25) is 0 Å². The van der Waals surface area contributed by atoms with E-state index in [1.165, 1.54) is 5.56 Å². The first-order chi connectivity index (χ1) is 8.49. The maximum Gasteiger partial charge on any atom is 0.104 e. The molecule has 2 heteroatoms. The first-order valence-electron chi connectivity index (χ1n) is 6.00. The minimum absolute atomic E-state index is 0.558. The van der Waals surface area contributed by atoms with Gasteiger partial charge in [0, 0.05) is 4.47 Å². The first kappa shape index (κ1) is 13.3. The van der Waals surface area contributed by atoms with Crippen LogP contribution in [0.15, 0.2) is 40.9 Å². The molecule has 0 heterocycles. The Labute approximate surface area is 117 Å². The monoisotopic (exact) mass is 304 g/mol. The number of hydrogen-bond donors (Lipinski definition) is 1. The predicted molar refractivity (Wildman–Crippen MR) is 78.9 cm³/mol. The Morgan fingerprint density at radius 1 is 0.944 bits per heavy atom. The zero-order chi connectivity index (χ0) is 13.3. The highest BCUT2D eigenvalue weighted by Gasteiger charge is 2.14. The Kier molecular flexibility index (Phi) is 3.88. The van der Waals surface area contributed by atoms with Crippen molar-refractivity contribution in [1.82, 2.24) is 0 Å². The van der Waals surface area contributed by atoms with Gasteiger partial charge in [-0.3, -0.25) is 0 Å². The molecular formula is C16H17BrO. The van der Waals surface area contributed by atoms with Crippen molar-refractivity contribution in [3.8, 4) is 0 Å². The Bertz CT molecular complexity index is 558. The van der Waals surface area contributed by atoms with Gasteiger partial charge in [-0.2, -0.15) is 0 Å². The summed E-state index contributed by atoms with van der Waals surface area (Å²) in [6, 6.07) is 12.1. The zero-order valence-electron chi connectivity index (χ0n) is 10.9. The molecular weight excluding hydrogens is 288 g/mol. The molecule has 2 aromatic rings. The van der Waals surface area contributed by atoms with E-state index in [1.807, 2.05) is 51.1 Å². The van der Waals surface area contributed by atoms with Crippen LogP contribution in [0.3, 0.4) is 0 Å². The van der Waals surface area contributed by atoms with Gasteiger partial charge in [-0.1, -0.05) is 51.8 Å². The molecule has 0 aliphatic carbocycles. The van der Waals surface area contributed by atoms with E-state index in [-0.39, 0.29) is 0 Å². The lowest BCUT2D eigenvalue weighted by atomic mass is 9.95. The van der Waals surface area contributed by atoms with E-state index < -0.39 is 6.10 Å². The average Bonchev–Trinajstić information content (AvgIpc) is 2.34. The van der Waals surface area contributed by atoms with Crippen molar-refractivity contribution in [2.45, 2.75) is 26.9 Å². The SMILES string of the molecule is Cc1ccc(C(O)c2cc(C)c(Br)cc2C)cc1. The van der Waals surface area contributed by atoms with Crippen molar-refractivity contribution < 1.29 is 5.11 Å². The van der Waals surface area contributed by atoms with E-state index in [0.717, 1.165) is 26.7 Å². The number of aryl methyl sites for hydroxylation is 3. The maximum atomic E-state index is 10.5. The van der Waals surface area contributed by atoms with Crippen LogP contribution in [-0.2, 0) is 0 Å². The third-order valence-corrected chi connectivity index (χ3v) is 4.09. The lowest BCUT2D eigenvalue weighted by Crippen LogP contribution is -2.03. The Morgan fingerprint density at radius 3 is 2.17 bits per heavy atom. The van der Waals surface area contributed by atoms with Crippen molar-refractivity contribution in [2.75, 3.05) is 0 Å². The van der Waals surface area contributed by atoms with Gasteiger partial charge in [0.25, 0.3) is 0 Å². The number of aliphatic hydroxyl groups excluding tert-OH is 1. The largest absolute Gasteiger partial charge is 0.384 e. The van der Waals surface area contributed by atoms with Gasteiger partial charge in [0.15, 0.2) is 0 Å².